The second-order valence-corrected chi connectivity index (χ2v) is 5.92. The van der Waals surface area contributed by atoms with Crippen molar-refractivity contribution in [3.8, 4) is 0 Å². The molecule has 0 aliphatic heterocycles. The van der Waals surface area contributed by atoms with E-state index in [0.29, 0.717) is 5.56 Å². The highest BCUT2D eigenvalue weighted by Crippen LogP contribution is 2.24. The first-order valence-electron chi connectivity index (χ1n) is 7.52. The van der Waals surface area contributed by atoms with E-state index in [1.807, 2.05) is 18.2 Å². The minimum atomic E-state index is -0.0101. The van der Waals surface area contributed by atoms with Crippen molar-refractivity contribution >= 4 is 16.8 Å². The molecule has 2 N–H and O–H groups in total. The fraction of sp³-hybridized carbons (Fsp3) is 0.471. The molecule has 112 valence electrons. The summed E-state index contributed by atoms with van der Waals surface area (Å²) >= 11 is 0. The Labute approximate surface area is 124 Å². The molecule has 1 heterocycles. The van der Waals surface area contributed by atoms with Gasteiger partial charge in [0.05, 0.1) is 12.1 Å². The molecule has 3 rings (SSSR count). The monoisotopic (exact) mass is 286 g/mol. The number of hydrogen-bond donors (Lipinski definition) is 2. The lowest BCUT2D eigenvalue weighted by Gasteiger charge is -2.19. The molecule has 1 aromatic heterocycles. The van der Waals surface area contributed by atoms with Gasteiger partial charge in [-0.1, -0.05) is 0 Å². The van der Waals surface area contributed by atoms with Gasteiger partial charge in [0.1, 0.15) is 0 Å². The molecule has 2 aromatic rings. The van der Waals surface area contributed by atoms with Gasteiger partial charge in [-0.15, -0.1) is 0 Å². The van der Waals surface area contributed by atoms with Gasteiger partial charge in [-0.2, -0.15) is 0 Å². The molecule has 0 spiro atoms. The number of nitrogens with one attached hydrogen (secondary N) is 2. The number of amides is 1. The third-order valence-corrected chi connectivity index (χ3v) is 4.64. The highest BCUT2D eigenvalue weighted by Gasteiger charge is 2.28. The standard InChI is InChI=1S/C17H22N2O2/c1-10-11(2)18-14-8-7-12(9-13(10)14)17(20)19-15-5-4-6-16(15)21-3/h7-9,15-16,18H,4-6H2,1-3H3,(H,19,20). The minimum absolute atomic E-state index is 0.0101. The fourth-order valence-corrected chi connectivity index (χ4v) is 3.23. The predicted molar refractivity (Wildman–Crippen MR) is 83.7 cm³/mol. The number of hydrogen-bond acceptors (Lipinski definition) is 2. The normalized spacial score (nSPS) is 21.9. The number of methoxy groups -OCH3 is 1. The molecule has 21 heavy (non-hydrogen) atoms. The van der Waals surface area contributed by atoms with E-state index in [2.05, 4.69) is 24.1 Å². The zero-order valence-corrected chi connectivity index (χ0v) is 12.8. The van der Waals surface area contributed by atoms with Gasteiger partial charge in [0.2, 0.25) is 0 Å². The number of fused-ring (bicyclic) bond motifs is 1. The molecule has 0 bridgehead atoms. The maximum atomic E-state index is 12.4. The summed E-state index contributed by atoms with van der Waals surface area (Å²) in [5, 5.41) is 4.23. The van der Waals surface area contributed by atoms with E-state index in [0.717, 1.165) is 35.9 Å². The van der Waals surface area contributed by atoms with Crippen LogP contribution in [0.5, 0.6) is 0 Å². The fourth-order valence-electron chi connectivity index (χ4n) is 3.23. The van der Waals surface area contributed by atoms with E-state index in [-0.39, 0.29) is 18.1 Å². The second kappa shape index (κ2) is 5.53. The second-order valence-electron chi connectivity index (χ2n) is 5.92. The van der Waals surface area contributed by atoms with Crippen molar-refractivity contribution in [2.45, 2.75) is 45.3 Å². The molecular formula is C17H22N2O2. The smallest absolute Gasteiger partial charge is 0.251 e. The molecule has 2 unspecified atom stereocenters. The van der Waals surface area contributed by atoms with Crippen molar-refractivity contribution in [2.75, 3.05) is 7.11 Å². The molecule has 1 aliphatic carbocycles. The molecule has 1 aromatic carbocycles. The summed E-state index contributed by atoms with van der Waals surface area (Å²) in [5.74, 6) is -0.0101. The maximum Gasteiger partial charge on any atom is 0.251 e. The summed E-state index contributed by atoms with van der Waals surface area (Å²) < 4.78 is 5.43. The van der Waals surface area contributed by atoms with Crippen LogP contribution in [-0.4, -0.2) is 30.1 Å². The Morgan fingerprint density at radius 2 is 2.14 bits per heavy atom. The van der Waals surface area contributed by atoms with Crippen molar-refractivity contribution in [1.82, 2.24) is 10.3 Å². The lowest BCUT2D eigenvalue weighted by molar-refractivity contribution is 0.0722. The predicted octanol–water partition coefficient (Wildman–Crippen LogP) is 3.08. The van der Waals surface area contributed by atoms with Gasteiger partial charge in [0.15, 0.2) is 0 Å². The van der Waals surface area contributed by atoms with Gasteiger partial charge in [-0.05, 0) is 56.9 Å². The summed E-state index contributed by atoms with van der Waals surface area (Å²) in [4.78, 5) is 15.8. The lowest BCUT2D eigenvalue weighted by atomic mass is 10.1. The van der Waals surface area contributed by atoms with E-state index < -0.39 is 0 Å². The topological polar surface area (TPSA) is 54.1 Å². The van der Waals surface area contributed by atoms with Gasteiger partial charge >= 0.3 is 0 Å². The summed E-state index contributed by atoms with van der Waals surface area (Å²) in [5.41, 5.74) is 4.15. The maximum absolute atomic E-state index is 12.4. The molecular weight excluding hydrogens is 264 g/mol. The lowest BCUT2D eigenvalue weighted by Crippen LogP contribution is -2.40. The first kappa shape index (κ1) is 14.1. The highest BCUT2D eigenvalue weighted by molar-refractivity contribution is 5.99. The Balaban J connectivity index is 1.83. The van der Waals surface area contributed by atoms with Crippen molar-refractivity contribution < 1.29 is 9.53 Å². The number of aromatic amines is 1. The van der Waals surface area contributed by atoms with Crippen molar-refractivity contribution in [3.05, 3.63) is 35.0 Å². The number of H-pyrrole nitrogens is 1. The van der Waals surface area contributed by atoms with E-state index in [1.165, 1.54) is 5.56 Å². The van der Waals surface area contributed by atoms with Crippen LogP contribution < -0.4 is 5.32 Å². The quantitative estimate of drug-likeness (QED) is 0.911. The summed E-state index contributed by atoms with van der Waals surface area (Å²) in [7, 11) is 1.72. The Morgan fingerprint density at radius 3 is 2.90 bits per heavy atom. The van der Waals surface area contributed by atoms with Crippen LogP contribution in [0.25, 0.3) is 10.9 Å². The Kier molecular flexibility index (Phi) is 3.72. The van der Waals surface area contributed by atoms with Crippen LogP contribution in [0.1, 0.15) is 40.9 Å². The van der Waals surface area contributed by atoms with Crippen LogP contribution in [0, 0.1) is 13.8 Å². The minimum Gasteiger partial charge on any atom is -0.379 e. The largest absolute Gasteiger partial charge is 0.379 e. The van der Waals surface area contributed by atoms with Crippen molar-refractivity contribution in [1.29, 1.82) is 0 Å². The van der Waals surface area contributed by atoms with Gasteiger partial charge in [0, 0.05) is 29.3 Å². The van der Waals surface area contributed by atoms with Crippen LogP contribution in [0.3, 0.4) is 0 Å². The molecule has 1 aliphatic rings. The number of rotatable bonds is 3. The number of ether oxygens (including phenoxy) is 1. The SMILES string of the molecule is COC1CCCC1NC(=O)c1ccc2[nH]c(C)c(C)c2c1. The number of aromatic nitrogens is 1. The molecule has 4 heteroatoms. The van der Waals surface area contributed by atoms with Crippen LogP contribution in [0.15, 0.2) is 18.2 Å². The first-order chi connectivity index (χ1) is 10.1. The van der Waals surface area contributed by atoms with E-state index >= 15 is 0 Å². The summed E-state index contributed by atoms with van der Waals surface area (Å²) in [6, 6.07) is 5.96. The third-order valence-electron chi connectivity index (χ3n) is 4.64. The first-order valence-corrected chi connectivity index (χ1v) is 7.52. The number of carbonyl (C=O) groups excluding carboxylic acids is 1. The molecule has 0 radical (unpaired) electrons. The Hall–Kier alpha value is -1.81. The summed E-state index contributed by atoms with van der Waals surface area (Å²) in [6.45, 7) is 4.13. The molecule has 2 atom stereocenters. The molecule has 4 nitrogen and oxygen atoms in total. The average molecular weight is 286 g/mol. The van der Waals surface area contributed by atoms with Crippen molar-refractivity contribution in [2.24, 2.45) is 0 Å². The van der Waals surface area contributed by atoms with E-state index in [1.54, 1.807) is 7.11 Å². The highest BCUT2D eigenvalue weighted by atomic mass is 16.5. The van der Waals surface area contributed by atoms with Crippen LogP contribution in [0.2, 0.25) is 0 Å². The van der Waals surface area contributed by atoms with Crippen LogP contribution in [-0.2, 0) is 4.74 Å². The number of benzene rings is 1. The average Bonchev–Trinajstić information content (AvgIpc) is 3.04. The molecule has 0 saturated heterocycles. The van der Waals surface area contributed by atoms with Gasteiger partial charge in [-0.3, -0.25) is 4.79 Å². The van der Waals surface area contributed by atoms with E-state index in [9.17, 15) is 4.79 Å². The van der Waals surface area contributed by atoms with Crippen LogP contribution in [0.4, 0.5) is 0 Å². The number of aryl methyl sites for hydroxylation is 2. The van der Waals surface area contributed by atoms with Gasteiger partial charge in [0.25, 0.3) is 5.91 Å². The third kappa shape index (κ3) is 2.56. The zero-order chi connectivity index (χ0) is 15.0. The Bertz CT molecular complexity index is 675. The van der Waals surface area contributed by atoms with Gasteiger partial charge in [-0.25, -0.2) is 0 Å². The Morgan fingerprint density at radius 1 is 1.33 bits per heavy atom. The molecule has 1 saturated carbocycles. The van der Waals surface area contributed by atoms with Crippen LogP contribution >= 0.6 is 0 Å². The zero-order valence-electron chi connectivity index (χ0n) is 12.8. The summed E-state index contributed by atoms with van der Waals surface area (Å²) in [6.07, 6.45) is 3.28. The van der Waals surface area contributed by atoms with E-state index in [4.69, 9.17) is 4.74 Å². The van der Waals surface area contributed by atoms with Gasteiger partial charge < -0.3 is 15.0 Å². The number of carbonyl (C=O) groups is 1. The molecule has 1 fully saturated rings. The van der Waals surface area contributed by atoms with Crippen molar-refractivity contribution in [3.63, 3.8) is 0 Å². The molecule has 1 amide bonds.